The zero-order valence-electron chi connectivity index (χ0n) is 12.1. The summed E-state index contributed by atoms with van der Waals surface area (Å²) in [6, 6.07) is 7.51. The van der Waals surface area contributed by atoms with E-state index in [1.807, 2.05) is 45.0 Å². The van der Waals surface area contributed by atoms with E-state index in [1.54, 1.807) is 4.90 Å². The predicted octanol–water partition coefficient (Wildman–Crippen LogP) is 3.13. The summed E-state index contributed by atoms with van der Waals surface area (Å²) in [5.74, 6) is 0. The largest absolute Gasteiger partial charge is 0.444 e. The topological polar surface area (TPSA) is 55.6 Å². The molecule has 0 spiro atoms. The number of hydrogen-bond acceptors (Lipinski definition) is 3. The summed E-state index contributed by atoms with van der Waals surface area (Å²) in [6.45, 7) is 6.57. The van der Waals surface area contributed by atoms with Gasteiger partial charge in [0.1, 0.15) is 5.60 Å². The van der Waals surface area contributed by atoms with E-state index in [0.29, 0.717) is 18.1 Å². The maximum Gasteiger partial charge on any atom is 0.411 e. The van der Waals surface area contributed by atoms with Gasteiger partial charge in [-0.15, -0.1) is 0 Å². The van der Waals surface area contributed by atoms with Gasteiger partial charge in [0.2, 0.25) is 0 Å². The van der Waals surface area contributed by atoms with Gasteiger partial charge in [0, 0.05) is 18.1 Å². The van der Waals surface area contributed by atoms with Crippen LogP contribution in [-0.2, 0) is 10.3 Å². The molecule has 1 amide bonds. The van der Waals surface area contributed by atoms with Crippen molar-refractivity contribution in [1.29, 1.82) is 0 Å². The third-order valence-corrected chi connectivity index (χ3v) is 3.81. The molecule has 1 aliphatic rings. The van der Waals surface area contributed by atoms with E-state index in [1.165, 1.54) is 0 Å². The molecule has 5 heteroatoms. The fourth-order valence-corrected chi connectivity index (χ4v) is 2.68. The number of carbonyl (C=O) groups is 1. The van der Waals surface area contributed by atoms with Crippen LogP contribution in [0.2, 0.25) is 5.02 Å². The molecule has 1 saturated heterocycles. The van der Waals surface area contributed by atoms with Gasteiger partial charge in [0.15, 0.2) is 0 Å². The molecule has 1 aromatic carbocycles. The molecule has 2 rings (SSSR count). The number of amides is 1. The maximum atomic E-state index is 12.3. The smallest absolute Gasteiger partial charge is 0.411 e. The number of carbonyl (C=O) groups excluding carboxylic acids is 1. The number of nitrogens with two attached hydrogens (primary N) is 1. The number of ether oxygens (including phenoxy) is 1. The second kappa shape index (κ2) is 5.26. The van der Waals surface area contributed by atoms with Gasteiger partial charge in [0.05, 0.1) is 5.54 Å². The van der Waals surface area contributed by atoms with E-state index >= 15 is 0 Å². The van der Waals surface area contributed by atoms with Crippen molar-refractivity contribution in [2.45, 2.75) is 38.3 Å². The minimum absolute atomic E-state index is 0.325. The van der Waals surface area contributed by atoms with Crippen molar-refractivity contribution in [3.05, 3.63) is 34.9 Å². The molecule has 1 unspecified atom stereocenters. The second-order valence-corrected chi connectivity index (χ2v) is 6.56. The minimum atomic E-state index is -0.513. The van der Waals surface area contributed by atoms with E-state index in [4.69, 9.17) is 22.1 Å². The second-order valence-electron chi connectivity index (χ2n) is 6.13. The zero-order valence-corrected chi connectivity index (χ0v) is 12.9. The van der Waals surface area contributed by atoms with Crippen molar-refractivity contribution in [3.8, 4) is 0 Å². The van der Waals surface area contributed by atoms with Crippen LogP contribution >= 0.6 is 11.6 Å². The van der Waals surface area contributed by atoms with Crippen LogP contribution in [0, 0.1) is 0 Å². The quantitative estimate of drug-likeness (QED) is 0.912. The maximum absolute atomic E-state index is 12.3. The van der Waals surface area contributed by atoms with Crippen molar-refractivity contribution in [3.63, 3.8) is 0 Å². The van der Waals surface area contributed by atoms with Gasteiger partial charge in [-0.2, -0.15) is 0 Å². The summed E-state index contributed by atoms with van der Waals surface area (Å²) >= 11 is 6.05. The van der Waals surface area contributed by atoms with Crippen molar-refractivity contribution in [2.75, 3.05) is 13.1 Å². The lowest BCUT2D eigenvalue weighted by molar-refractivity contribution is -0.0440. The van der Waals surface area contributed by atoms with Crippen molar-refractivity contribution < 1.29 is 9.53 Å². The van der Waals surface area contributed by atoms with Gasteiger partial charge in [-0.3, -0.25) is 4.90 Å². The third kappa shape index (κ3) is 2.76. The SMILES string of the molecule is CC(C)(C)OC(=O)N1CCC1(CN)c1cccc(Cl)c1. The summed E-state index contributed by atoms with van der Waals surface area (Å²) in [7, 11) is 0. The van der Waals surface area contributed by atoms with Gasteiger partial charge in [0.25, 0.3) is 0 Å². The van der Waals surface area contributed by atoms with Crippen molar-refractivity contribution in [1.82, 2.24) is 4.90 Å². The number of rotatable bonds is 2. The summed E-state index contributed by atoms with van der Waals surface area (Å²) < 4.78 is 5.45. The van der Waals surface area contributed by atoms with Crippen molar-refractivity contribution in [2.24, 2.45) is 5.73 Å². The highest BCUT2D eigenvalue weighted by molar-refractivity contribution is 6.30. The van der Waals surface area contributed by atoms with Crippen LogP contribution in [-0.4, -0.2) is 29.7 Å². The molecule has 110 valence electrons. The summed E-state index contributed by atoms with van der Waals surface area (Å²) in [6.07, 6.45) is 0.498. The van der Waals surface area contributed by atoms with Crippen LogP contribution in [0.1, 0.15) is 32.8 Å². The van der Waals surface area contributed by atoms with E-state index < -0.39 is 11.1 Å². The number of benzene rings is 1. The van der Waals surface area contributed by atoms with Gasteiger partial charge < -0.3 is 10.5 Å². The van der Waals surface area contributed by atoms with E-state index in [9.17, 15) is 4.79 Å². The molecule has 1 aliphatic heterocycles. The number of halogens is 1. The standard InChI is InChI=1S/C15H21ClN2O2/c1-14(2,3)20-13(19)18-8-7-15(18,10-17)11-5-4-6-12(16)9-11/h4-6,9H,7-8,10,17H2,1-3H3. The number of likely N-dealkylation sites (tertiary alicyclic amines) is 1. The molecule has 0 bridgehead atoms. The highest BCUT2D eigenvalue weighted by Gasteiger charge is 2.49. The molecular formula is C15H21ClN2O2. The fraction of sp³-hybridized carbons (Fsp3) is 0.533. The Labute approximate surface area is 124 Å². The minimum Gasteiger partial charge on any atom is -0.444 e. The normalized spacial score (nSPS) is 22.4. The van der Waals surface area contributed by atoms with Crippen LogP contribution in [0.25, 0.3) is 0 Å². The average Bonchev–Trinajstić information content (AvgIpc) is 2.26. The zero-order chi connectivity index (χ0) is 15.0. The predicted molar refractivity (Wildman–Crippen MR) is 79.7 cm³/mol. The van der Waals surface area contributed by atoms with Crippen LogP contribution < -0.4 is 5.73 Å². The molecule has 1 atom stereocenters. The Bertz CT molecular complexity index is 509. The van der Waals surface area contributed by atoms with Crippen LogP contribution in [0.5, 0.6) is 0 Å². The van der Waals surface area contributed by atoms with E-state index in [2.05, 4.69) is 0 Å². The molecule has 1 heterocycles. The Morgan fingerprint density at radius 1 is 1.50 bits per heavy atom. The Hall–Kier alpha value is -1.26. The Balaban J connectivity index is 2.26. The molecule has 20 heavy (non-hydrogen) atoms. The molecule has 0 radical (unpaired) electrons. The number of nitrogens with zero attached hydrogens (tertiary/aromatic N) is 1. The van der Waals surface area contributed by atoms with Crippen LogP contribution in [0.3, 0.4) is 0 Å². The first-order valence-electron chi connectivity index (χ1n) is 6.75. The fourth-order valence-electron chi connectivity index (χ4n) is 2.48. The Kier molecular flexibility index (Phi) is 3.98. The first-order chi connectivity index (χ1) is 9.28. The summed E-state index contributed by atoms with van der Waals surface area (Å²) in [5, 5.41) is 0.645. The van der Waals surface area contributed by atoms with E-state index in [0.717, 1.165) is 12.0 Å². The van der Waals surface area contributed by atoms with Gasteiger partial charge in [-0.25, -0.2) is 4.79 Å². The molecular weight excluding hydrogens is 276 g/mol. The van der Waals surface area contributed by atoms with E-state index in [-0.39, 0.29) is 6.09 Å². The summed E-state index contributed by atoms with van der Waals surface area (Å²) in [4.78, 5) is 14.0. The van der Waals surface area contributed by atoms with Gasteiger partial charge in [-0.1, -0.05) is 23.7 Å². The van der Waals surface area contributed by atoms with Crippen molar-refractivity contribution >= 4 is 17.7 Å². The lowest BCUT2D eigenvalue weighted by atomic mass is 9.78. The highest BCUT2D eigenvalue weighted by Crippen LogP contribution is 2.41. The number of hydrogen-bond donors (Lipinski definition) is 1. The first-order valence-corrected chi connectivity index (χ1v) is 7.13. The molecule has 1 aromatic rings. The Morgan fingerprint density at radius 3 is 2.65 bits per heavy atom. The first kappa shape index (κ1) is 15.1. The molecule has 2 N–H and O–H groups in total. The van der Waals surface area contributed by atoms with Crippen LogP contribution in [0.4, 0.5) is 4.79 Å². The molecule has 4 nitrogen and oxygen atoms in total. The van der Waals surface area contributed by atoms with Gasteiger partial charge >= 0.3 is 6.09 Å². The lowest BCUT2D eigenvalue weighted by Crippen LogP contribution is -2.63. The lowest BCUT2D eigenvalue weighted by Gasteiger charge is -2.52. The molecule has 0 saturated carbocycles. The van der Waals surface area contributed by atoms with Crippen LogP contribution in [0.15, 0.2) is 24.3 Å². The molecule has 0 aliphatic carbocycles. The monoisotopic (exact) mass is 296 g/mol. The Morgan fingerprint density at radius 2 is 2.20 bits per heavy atom. The third-order valence-electron chi connectivity index (χ3n) is 3.58. The molecule has 1 fully saturated rings. The molecule has 0 aromatic heterocycles. The average molecular weight is 297 g/mol. The van der Waals surface area contributed by atoms with Gasteiger partial charge in [-0.05, 0) is 44.9 Å². The highest BCUT2D eigenvalue weighted by atomic mass is 35.5. The summed E-state index contributed by atoms with van der Waals surface area (Å²) in [5.41, 5.74) is 5.91.